The molecule has 0 saturated carbocycles. The second kappa shape index (κ2) is 3.00. The first-order valence-electron chi connectivity index (χ1n) is 3.03. The van der Waals surface area contributed by atoms with Crippen LogP contribution >= 0.6 is 0 Å². The summed E-state index contributed by atoms with van der Waals surface area (Å²) >= 11 is 0. The molecule has 0 radical (unpaired) electrons. The van der Waals surface area contributed by atoms with Crippen LogP contribution in [0, 0.1) is 0 Å². The molecule has 0 saturated heterocycles. The van der Waals surface area contributed by atoms with Gasteiger partial charge in [-0.2, -0.15) is 5.10 Å². The van der Waals surface area contributed by atoms with Crippen molar-refractivity contribution >= 4 is 6.41 Å². The Morgan fingerprint density at radius 2 is 2.70 bits per heavy atom. The molecule has 1 aromatic heterocycles. The van der Waals surface area contributed by atoms with Crippen LogP contribution in [0.4, 0.5) is 0 Å². The number of aromatic amines is 1. The van der Waals surface area contributed by atoms with Gasteiger partial charge in [-0.3, -0.25) is 9.89 Å². The van der Waals surface area contributed by atoms with E-state index < -0.39 is 0 Å². The SMILES string of the molecule is CC(NC=O)c1ccn[nH]1. The number of aromatic nitrogens is 2. The maximum atomic E-state index is 9.97. The summed E-state index contributed by atoms with van der Waals surface area (Å²) in [4.78, 5) is 9.97. The number of H-pyrrole nitrogens is 1. The third-order valence-corrected chi connectivity index (χ3v) is 1.31. The maximum Gasteiger partial charge on any atom is 0.207 e. The van der Waals surface area contributed by atoms with Crippen LogP contribution in [0.25, 0.3) is 0 Å². The number of carbonyl (C=O) groups excluding carboxylic acids is 1. The lowest BCUT2D eigenvalue weighted by Gasteiger charge is -2.05. The Balaban J connectivity index is 2.58. The molecule has 0 fully saturated rings. The van der Waals surface area contributed by atoms with Gasteiger partial charge in [0.2, 0.25) is 6.41 Å². The lowest BCUT2D eigenvalue weighted by Crippen LogP contribution is -2.16. The molecule has 4 heteroatoms. The number of amides is 1. The lowest BCUT2D eigenvalue weighted by atomic mass is 10.2. The van der Waals surface area contributed by atoms with Crippen molar-refractivity contribution in [3.8, 4) is 0 Å². The van der Waals surface area contributed by atoms with Crippen molar-refractivity contribution in [1.29, 1.82) is 0 Å². The molecule has 1 atom stereocenters. The maximum absolute atomic E-state index is 9.97. The number of hydrogen-bond donors (Lipinski definition) is 2. The van der Waals surface area contributed by atoms with Gasteiger partial charge in [-0.1, -0.05) is 0 Å². The normalized spacial score (nSPS) is 12.5. The van der Waals surface area contributed by atoms with E-state index in [1.165, 1.54) is 0 Å². The molecule has 0 aromatic carbocycles. The summed E-state index contributed by atoms with van der Waals surface area (Å²) in [5, 5.41) is 9.09. The predicted octanol–water partition coefficient (Wildman–Crippen LogP) is 0.217. The van der Waals surface area contributed by atoms with E-state index >= 15 is 0 Å². The molecule has 54 valence electrons. The lowest BCUT2D eigenvalue weighted by molar-refractivity contribution is -0.110. The quantitative estimate of drug-likeness (QED) is 0.588. The van der Waals surface area contributed by atoms with E-state index in [0.29, 0.717) is 6.41 Å². The Labute approximate surface area is 58.6 Å². The molecular weight excluding hydrogens is 130 g/mol. The molecule has 10 heavy (non-hydrogen) atoms. The van der Waals surface area contributed by atoms with E-state index in [1.807, 2.05) is 13.0 Å². The molecule has 1 unspecified atom stereocenters. The fourth-order valence-corrected chi connectivity index (χ4v) is 0.700. The van der Waals surface area contributed by atoms with Gasteiger partial charge in [0.1, 0.15) is 0 Å². The molecular formula is C6H9N3O. The van der Waals surface area contributed by atoms with E-state index in [2.05, 4.69) is 15.5 Å². The molecule has 0 spiro atoms. The molecule has 1 amide bonds. The molecule has 2 N–H and O–H groups in total. The molecule has 4 nitrogen and oxygen atoms in total. The smallest absolute Gasteiger partial charge is 0.207 e. The van der Waals surface area contributed by atoms with Crippen LogP contribution in [0.5, 0.6) is 0 Å². The van der Waals surface area contributed by atoms with Gasteiger partial charge >= 0.3 is 0 Å². The van der Waals surface area contributed by atoms with Crippen molar-refractivity contribution in [2.75, 3.05) is 0 Å². The Hall–Kier alpha value is -1.32. The molecule has 0 aliphatic heterocycles. The second-order valence-corrected chi connectivity index (χ2v) is 2.02. The zero-order chi connectivity index (χ0) is 7.40. The Morgan fingerprint density at radius 3 is 3.20 bits per heavy atom. The minimum absolute atomic E-state index is 0.0139. The number of nitrogens with one attached hydrogen (secondary N) is 2. The first-order chi connectivity index (χ1) is 4.84. The van der Waals surface area contributed by atoms with E-state index in [0.717, 1.165) is 5.69 Å². The fourth-order valence-electron chi connectivity index (χ4n) is 0.700. The minimum Gasteiger partial charge on any atom is -0.351 e. The van der Waals surface area contributed by atoms with Gasteiger partial charge in [0, 0.05) is 6.20 Å². The van der Waals surface area contributed by atoms with Gasteiger partial charge in [-0.25, -0.2) is 0 Å². The topological polar surface area (TPSA) is 57.8 Å². The standard InChI is InChI=1S/C6H9N3O/c1-5(7-4-10)6-2-3-8-9-6/h2-5H,1H3,(H,7,10)(H,8,9). The first-order valence-corrected chi connectivity index (χ1v) is 3.03. The summed E-state index contributed by atoms with van der Waals surface area (Å²) in [6.45, 7) is 1.88. The van der Waals surface area contributed by atoms with Crippen LogP contribution < -0.4 is 5.32 Å². The van der Waals surface area contributed by atoms with Crippen molar-refractivity contribution in [2.45, 2.75) is 13.0 Å². The number of nitrogens with zero attached hydrogens (tertiary/aromatic N) is 1. The molecule has 0 aliphatic carbocycles. The predicted molar refractivity (Wildman–Crippen MR) is 36.2 cm³/mol. The summed E-state index contributed by atoms with van der Waals surface area (Å²) in [7, 11) is 0. The van der Waals surface area contributed by atoms with Gasteiger partial charge in [-0.15, -0.1) is 0 Å². The fraction of sp³-hybridized carbons (Fsp3) is 0.333. The van der Waals surface area contributed by atoms with Crippen molar-refractivity contribution in [2.24, 2.45) is 0 Å². The van der Waals surface area contributed by atoms with Crippen LogP contribution in [0.1, 0.15) is 18.7 Å². The Morgan fingerprint density at radius 1 is 1.90 bits per heavy atom. The van der Waals surface area contributed by atoms with E-state index in [9.17, 15) is 4.79 Å². The highest BCUT2D eigenvalue weighted by molar-refractivity contribution is 5.47. The van der Waals surface area contributed by atoms with Gasteiger partial charge in [0.25, 0.3) is 0 Å². The van der Waals surface area contributed by atoms with Crippen molar-refractivity contribution in [3.05, 3.63) is 18.0 Å². The monoisotopic (exact) mass is 139 g/mol. The zero-order valence-corrected chi connectivity index (χ0v) is 5.66. The highest BCUT2D eigenvalue weighted by atomic mass is 16.1. The van der Waals surface area contributed by atoms with Gasteiger partial charge in [0.05, 0.1) is 11.7 Å². The minimum atomic E-state index is 0.0139. The van der Waals surface area contributed by atoms with E-state index in [4.69, 9.17) is 0 Å². The number of hydrogen-bond acceptors (Lipinski definition) is 2. The summed E-state index contributed by atoms with van der Waals surface area (Å²) in [6, 6.07) is 1.83. The van der Waals surface area contributed by atoms with E-state index in [1.54, 1.807) is 6.20 Å². The van der Waals surface area contributed by atoms with Gasteiger partial charge in [0.15, 0.2) is 0 Å². The van der Waals surface area contributed by atoms with Crippen LogP contribution in [-0.2, 0) is 4.79 Å². The van der Waals surface area contributed by atoms with Gasteiger partial charge < -0.3 is 5.32 Å². The van der Waals surface area contributed by atoms with Crippen LogP contribution in [0.3, 0.4) is 0 Å². The Kier molecular flexibility index (Phi) is 2.04. The summed E-state index contributed by atoms with van der Waals surface area (Å²) in [5.74, 6) is 0. The van der Waals surface area contributed by atoms with Crippen molar-refractivity contribution < 1.29 is 4.79 Å². The van der Waals surface area contributed by atoms with Crippen molar-refractivity contribution in [3.63, 3.8) is 0 Å². The average Bonchev–Trinajstić information content (AvgIpc) is 2.38. The first kappa shape index (κ1) is 6.80. The van der Waals surface area contributed by atoms with Crippen LogP contribution in [-0.4, -0.2) is 16.6 Å². The second-order valence-electron chi connectivity index (χ2n) is 2.02. The van der Waals surface area contributed by atoms with Crippen molar-refractivity contribution in [1.82, 2.24) is 15.5 Å². The summed E-state index contributed by atoms with van der Waals surface area (Å²) in [6.07, 6.45) is 2.32. The highest BCUT2D eigenvalue weighted by Gasteiger charge is 2.02. The third-order valence-electron chi connectivity index (χ3n) is 1.31. The third kappa shape index (κ3) is 1.34. The molecule has 0 aliphatic rings. The number of rotatable bonds is 3. The molecule has 1 heterocycles. The largest absolute Gasteiger partial charge is 0.351 e. The molecule has 0 bridgehead atoms. The van der Waals surface area contributed by atoms with Gasteiger partial charge in [-0.05, 0) is 13.0 Å². The average molecular weight is 139 g/mol. The Bertz CT molecular complexity index is 195. The van der Waals surface area contributed by atoms with Crippen LogP contribution in [0.2, 0.25) is 0 Å². The molecule has 1 rings (SSSR count). The van der Waals surface area contributed by atoms with E-state index in [-0.39, 0.29) is 6.04 Å². The summed E-state index contributed by atoms with van der Waals surface area (Å²) < 4.78 is 0. The summed E-state index contributed by atoms with van der Waals surface area (Å²) in [5.41, 5.74) is 0.909. The van der Waals surface area contributed by atoms with Crippen LogP contribution in [0.15, 0.2) is 12.3 Å². The number of carbonyl (C=O) groups is 1. The highest BCUT2D eigenvalue weighted by Crippen LogP contribution is 2.04. The molecule has 1 aromatic rings. The zero-order valence-electron chi connectivity index (χ0n) is 5.66.